The molecule has 1 atom stereocenters. The van der Waals surface area contributed by atoms with Crippen LogP contribution in [-0.2, 0) is 0 Å². The molecule has 1 aliphatic heterocycles. The van der Waals surface area contributed by atoms with E-state index in [1.165, 1.54) is 36.3 Å². The van der Waals surface area contributed by atoms with Gasteiger partial charge in [0.15, 0.2) is 5.84 Å². The number of furan rings is 1. The van der Waals surface area contributed by atoms with Crippen LogP contribution in [0.5, 0.6) is 0 Å². The first kappa shape index (κ1) is 31.3. The zero-order valence-electron chi connectivity index (χ0n) is 30.0. The maximum absolute atomic E-state index is 6.93. The fraction of sp³-hybridized carbons (Fsp3) is 0.0196. The minimum absolute atomic E-state index is 0.368. The van der Waals surface area contributed by atoms with Crippen molar-refractivity contribution in [2.24, 2.45) is 9.98 Å². The van der Waals surface area contributed by atoms with Gasteiger partial charge in [0.2, 0.25) is 0 Å². The number of hydrogen-bond donors (Lipinski definition) is 1. The van der Waals surface area contributed by atoms with Crippen LogP contribution >= 0.6 is 11.3 Å². The quantitative estimate of drug-likeness (QED) is 0.196. The van der Waals surface area contributed by atoms with Crippen molar-refractivity contribution in [2.75, 3.05) is 0 Å². The standard InChI is InChI=1S/C51H31N3OS/c1-3-11-32-25-36(19-17-30(32)9-1)39-23-24-42(47-43-27-34-13-5-6-14-35(34)28-44(43)55-48(39)47)51-53-49(37-20-18-31-10-2-4-12-33(31)26-37)52-50(54-51)38-21-22-41-40-15-7-8-16-45(40)56-46(41)29-38/h1-29,50H,(H,52,53,54). The molecule has 5 heteroatoms. The highest BCUT2D eigenvalue weighted by Gasteiger charge is 2.26. The third-order valence-corrected chi connectivity index (χ3v) is 12.4. The summed E-state index contributed by atoms with van der Waals surface area (Å²) in [7, 11) is 0. The lowest BCUT2D eigenvalue weighted by molar-refractivity contribution is 0.669. The fourth-order valence-corrected chi connectivity index (χ4v) is 9.63. The predicted molar refractivity (Wildman–Crippen MR) is 236 cm³/mol. The molecular weight excluding hydrogens is 703 g/mol. The molecule has 0 bridgehead atoms. The summed E-state index contributed by atoms with van der Waals surface area (Å²) in [6.45, 7) is 0. The lowest BCUT2D eigenvalue weighted by atomic mass is 9.95. The molecule has 0 amide bonds. The summed E-state index contributed by atoms with van der Waals surface area (Å²) >= 11 is 1.82. The van der Waals surface area contributed by atoms with Gasteiger partial charge in [0, 0.05) is 47.6 Å². The molecule has 11 aromatic rings. The van der Waals surface area contributed by atoms with Crippen LogP contribution in [0.15, 0.2) is 190 Å². The van der Waals surface area contributed by atoms with E-state index in [9.17, 15) is 0 Å². The monoisotopic (exact) mass is 733 g/mol. The first-order valence-electron chi connectivity index (χ1n) is 18.9. The number of fused-ring (bicyclic) bond motifs is 9. The molecular formula is C51H31N3OS. The van der Waals surface area contributed by atoms with Crippen molar-refractivity contribution in [1.29, 1.82) is 0 Å². The summed E-state index contributed by atoms with van der Waals surface area (Å²) in [6, 6.07) is 62.8. The molecule has 1 N–H and O–H groups in total. The number of nitrogens with zero attached hydrogens (tertiary/aromatic N) is 2. The molecule has 56 heavy (non-hydrogen) atoms. The van der Waals surface area contributed by atoms with Gasteiger partial charge in [-0.3, -0.25) is 0 Å². The molecule has 0 fully saturated rings. The van der Waals surface area contributed by atoms with Crippen LogP contribution in [0.25, 0.3) is 85.6 Å². The maximum Gasteiger partial charge on any atom is 0.159 e. The smallest absolute Gasteiger partial charge is 0.159 e. The third kappa shape index (κ3) is 4.98. The van der Waals surface area contributed by atoms with E-state index in [0.29, 0.717) is 5.84 Å². The highest BCUT2D eigenvalue weighted by molar-refractivity contribution is 7.25. The second-order valence-electron chi connectivity index (χ2n) is 14.6. The second kappa shape index (κ2) is 12.2. The molecule has 1 aliphatic rings. The highest BCUT2D eigenvalue weighted by atomic mass is 32.1. The molecule has 0 spiro atoms. The predicted octanol–water partition coefficient (Wildman–Crippen LogP) is 13.6. The van der Waals surface area contributed by atoms with Gasteiger partial charge in [0.1, 0.15) is 23.2 Å². The topological polar surface area (TPSA) is 49.9 Å². The number of hydrogen-bond acceptors (Lipinski definition) is 5. The third-order valence-electron chi connectivity index (χ3n) is 11.3. The number of benzene rings is 9. The van der Waals surface area contributed by atoms with Crippen LogP contribution in [-0.4, -0.2) is 11.7 Å². The molecule has 0 saturated heterocycles. The van der Waals surface area contributed by atoms with Crippen molar-refractivity contribution in [3.63, 3.8) is 0 Å². The summed E-state index contributed by atoms with van der Waals surface area (Å²) in [5.41, 5.74) is 6.87. The van der Waals surface area contributed by atoms with E-state index in [0.717, 1.165) is 71.8 Å². The number of aliphatic imine (C=N–C) groups is 2. The van der Waals surface area contributed by atoms with Gasteiger partial charge in [0.05, 0.1) is 0 Å². The second-order valence-corrected chi connectivity index (χ2v) is 15.7. The van der Waals surface area contributed by atoms with Crippen LogP contribution in [0.2, 0.25) is 0 Å². The van der Waals surface area contributed by atoms with Gasteiger partial charge in [-0.05, 0) is 92.0 Å². The summed E-state index contributed by atoms with van der Waals surface area (Å²) < 4.78 is 9.45. The molecule has 0 aliphatic carbocycles. The van der Waals surface area contributed by atoms with Crippen LogP contribution in [0, 0.1) is 0 Å². The number of amidine groups is 2. The van der Waals surface area contributed by atoms with Crippen LogP contribution in [0.1, 0.15) is 22.9 Å². The van der Waals surface area contributed by atoms with E-state index >= 15 is 0 Å². The van der Waals surface area contributed by atoms with Crippen molar-refractivity contribution in [3.05, 3.63) is 193 Å². The Morgan fingerprint density at radius 2 is 1.11 bits per heavy atom. The van der Waals surface area contributed by atoms with Crippen molar-refractivity contribution >= 4 is 97.4 Å². The molecule has 3 heterocycles. The summed E-state index contributed by atoms with van der Waals surface area (Å²) in [5, 5.41) is 15.5. The molecule has 1 unspecified atom stereocenters. The first-order valence-corrected chi connectivity index (χ1v) is 19.7. The Bertz CT molecular complexity index is 3480. The number of thiophene rings is 1. The maximum atomic E-state index is 6.93. The van der Waals surface area contributed by atoms with Crippen LogP contribution < -0.4 is 5.32 Å². The van der Waals surface area contributed by atoms with Crippen LogP contribution in [0.4, 0.5) is 0 Å². The summed E-state index contributed by atoms with van der Waals surface area (Å²) in [5.74, 6) is 1.45. The lowest BCUT2D eigenvalue weighted by Gasteiger charge is -2.24. The van der Waals surface area contributed by atoms with Crippen molar-refractivity contribution in [2.45, 2.75) is 6.17 Å². The minimum atomic E-state index is -0.368. The van der Waals surface area contributed by atoms with Gasteiger partial charge in [-0.25, -0.2) is 9.98 Å². The number of rotatable bonds is 4. The molecule has 12 rings (SSSR count). The fourth-order valence-electron chi connectivity index (χ4n) is 8.47. The van der Waals surface area contributed by atoms with Gasteiger partial charge in [-0.2, -0.15) is 0 Å². The average Bonchev–Trinajstić information content (AvgIpc) is 3.82. The molecule has 2 aromatic heterocycles. The Balaban J connectivity index is 1.09. The molecule has 9 aromatic carbocycles. The van der Waals surface area contributed by atoms with E-state index in [-0.39, 0.29) is 6.17 Å². The van der Waals surface area contributed by atoms with Gasteiger partial charge in [0.25, 0.3) is 0 Å². The van der Waals surface area contributed by atoms with E-state index in [4.69, 9.17) is 14.4 Å². The average molecular weight is 734 g/mol. The van der Waals surface area contributed by atoms with E-state index in [1.54, 1.807) is 0 Å². The minimum Gasteiger partial charge on any atom is -0.455 e. The Hall–Kier alpha value is -7.08. The zero-order valence-corrected chi connectivity index (χ0v) is 30.8. The largest absolute Gasteiger partial charge is 0.455 e. The van der Waals surface area contributed by atoms with E-state index < -0.39 is 0 Å². The SMILES string of the molecule is c1ccc2cc(C3=NC(c4ccc5c(c4)sc4ccccc45)NC(c4ccc(-c5ccc6ccccc6c5)c5oc6cc7ccccc7cc6c45)=N3)ccc2c1. The Labute approximate surface area is 325 Å². The Morgan fingerprint density at radius 1 is 0.482 bits per heavy atom. The van der Waals surface area contributed by atoms with Crippen molar-refractivity contribution in [3.8, 4) is 11.1 Å². The normalized spacial score (nSPS) is 14.6. The number of nitrogens with one attached hydrogen (secondary N) is 1. The highest BCUT2D eigenvalue weighted by Crippen LogP contribution is 2.42. The zero-order chi connectivity index (χ0) is 36.7. The van der Waals surface area contributed by atoms with E-state index in [1.807, 2.05) is 11.3 Å². The molecule has 262 valence electrons. The molecule has 0 radical (unpaired) electrons. The lowest BCUT2D eigenvalue weighted by Crippen LogP contribution is -2.33. The summed E-state index contributed by atoms with van der Waals surface area (Å²) in [6.07, 6.45) is -0.368. The van der Waals surface area contributed by atoms with Gasteiger partial charge in [-0.1, -0.05) is 127 Å². The Kier molecular flexibility index (Phi) is 6.83. The molecule has 4 nitrogen and oxygen atoms in total. The summed E-state index contributed by atoms with van der Waals surface area (Å²) in [4.78, 5) is 10.7. The van der Waals surface area contributed by atoms with Gasteiger partial charge in [-0.15, -0.1) is 11.3 Å². The molecule has 0 saturated carbocycles. The van der Waals surface area contributed by atoms with Crippen LogP contribution in [0.3, 0.4) is 0 Å². The Morgan fingerprint density at radius 3 is 1.89 bits per heavy atom. The first-order chi connectivity index (χ1) is 27.7. The van der Waals surface area contributed by atoms with E-state index in [2.05, 4.69) is 181 Å². The van der Waals surface area contributed by atoms with Gasteiger partial charge < -0.3 is 9.73 Å². The van der Waals surface area contributed by atoms with Crippen molar-refractivity contribution < 1.29 is 4.42 Å². The van der Waals surface area contributed by atoms with Gasteiger partial charge >= 0.3 is 0 Å². The van der Waals surface area contributed by atoms with Crippen molar-refractivity contribution in [1.82, 2.24) is 5.32 Å².